The van der Waals surface area contributed by atoms with E-state index in [0.717, 1.165) is 16.5 Å². The smallest absolute Gasteiger partial charge is 0.328 e. The molecule has 2 aromatic rings. The first-order chi connectivity index (χ1) is 10.0. The van der Waals surface area contributed by atoms with Gasteiger partial charge in [-0.25, -0.2) is 4.79 Å². The highest BCUT2D eigenvalue weighted by molar-refractivity contribution is 7.09. The van der Waals surface area contributed by atoms with E-state index in [-0.39, 0.29) is 5.91 Å². The lowest BCUT2D eigenvalue weighted by atomic mass is 10.1. The Morgan fingerprint density at radius 3 is 2.86 bits per heavy atom. The average Bonchev–Trinajstić information content (AvgIpc) is 2.95. The molecule has 1 aromatic heterocycles. The van der Waals surface area contributed by atoms with Gasteiger partial charge < -0.3 is 10.4 Å². The first-order valence-electron chi connectivity index (χ1n) is 6.23. The van der Waals surface area contributed by atoms with Crippen LogP contribution in [0.2, 0.25) is 0 Å². The summed E-state index contributed by atoms with van der Waals surface area (Å²) in [5, 5.41) is 11.5. The molecule has 0 saturated carbocycles. The van der Waals surface area contributed by atoms with Crippen LogP contribution in [0.5, 0.6) is 0 Å². The summed E-state index contributed by atoms with van der Waals surface area (Å²) in [6, 6.07) is 5.24. The lowest BCUT2D eigenvalue weighted by molar-refractivity contribution is -0.131. The summed E-state index contributed by atoms with van der Waals surface area (Å²) >= 11 is 1.48. The van der Waals surface area contributed by atoms with Crippen molar-refractivity contribution < 1.29 is 14.7 Å². The minimum absolute atomic E-state index is 0.197. The summed E-state index contributed by atoms with van der Waals surface area (Å²) in [5.41, 5.74) is 3.79. The van der Waals surface area contributed by atoms with Crippen LogP contribution < -0.4 is 5.32 Å². The number of carbonyl (C=O) groups is 2. The quantitative estimate of drug-likeness (QED) is 0.832. The minimum atomic E-state index is -1.02. The molecule has 0 aliphatic heterocycles. The fourth-order valence-electron chi connectivity index (χ4n) is 1.81. The maximum Gasteiger partial charge on any atom is 0.328 e. The Balaban J connectivity index is 2.11. The molecule has 1 aromatic carbocycles. The van der Waals surface area contributed by atoms with Crippen LogP contribution in [0.4, 0.5) is 0 Å². The van der Waals surface area contributed by atoms with E-state index < -0.39 is 5.97 Å². The van der Waals surface area contributed by atoms with Crippen LogP contribution in [-0.2, 0) is 11.3 Å². The summed E-state index contributed by atoms with van der Waals surface area (Å²) in [7, 11) is 0. The SMILES string of the molecule is Cc1cc(/C=C/C(=O)O)cc(C(=O)NCc2cncs2)c1. The molecule has 5 nitrogen and oxygen atoms in total. The van der Waals surface area contributed by atoms with Crippen molar-refractivity contribution in [2.75, 3.05) is 0 Å². The van der Waals surface area contributed by atoms with Crippen molar-refractivity contribution in [1.82, 2.24) is 10.3 Å². The minimum Gasteiger partial charge on any atom is -0.478 e. The fraction of sp³-hybridized carbons (Fsp3) is 0.133. The largest absolute Gasteiger partial charge is 0.478 e. The van der Waals surface area contributed by atoms with Crippen LogP contribution in [0, 0.1) is 6.92 Å². The topological polar surface area (TPSA) is 79.3 Å². The second-order valence-corrected chi connectivity index (χ2v) is 5.43. The van der Waals surface area contributed by atoms with Gasteiger partial charge in [0.25, 0.3) is 5.91 Å². The summed E-state index contributed by atoms with van der Waals surface area (Å²) < 4.78 is 0. The van der Waals surface area contributed by atoms with E-state index in [4.69, 9.17) is 5.11 Å². The summed E-state index contributed by atoms with van der Waals surface area (Å²) in [4.78, 5) is 27.6. The van der Waals surface area contributed by atoms with Crippen LogP contribution >= 0.6 is 11.3 Å². The lowest BCUT2D eigenvalue weighted by Gasteiger charge is -2.06. The van der Waals surface area contributed by atoms with Gasteiger partial charge >= 0.3 is 5.97 Å². The summed E-state index contributed by atoms with van der Waals surface area (Å²) in [6.45, 7) is 2.29. The number of nitrogens with zero attached hydrogens (tertiary/aromatic N) is 1. The molecule has 0 saturated heterocycles. The molecule has 0 radical (unpaired) electrons. The van der Waals surface area contributed by atoms with E-state index in [1.807, 2.05) is 13.0 Å². The Labute approximate surface area is 126 Å². The Hall–Kier alpha value is -2.47. The molecule has 0 unspecified atom stereocenters. The van der Waals surface area contributed by atoms with Crippen molar-refractivity contribution in [3.63, 3.8) is 0 Å². The van der Waals surface area contributed by atoms with Crippen LogP contribution in [0.25, 0.3) is 6.08 Å². The van der Waals surface area contributed by atoms with Crippen molar-refractivity contribution in [3.8, 4) is 0 Å². The molecule has 0 spiro atoms. The molecule has 2 N–H and O–H groups in total. The first kappa shape index (κ1) is 14.9. The Morgan fingerprint density at radius 1 is 1.38 bits per heavy atom. The van der Waals surface area contributed by atoms with E-state index in [0.29, 0.717) is 17.7 Å². The van der Waals surface area contributed by atoms with Gasteiger partial charge in [-0.15, -0.1) is 11.3 Å². The highest BCUT2D eigenvalue weighted by atomic mass is 32.1. The number of amides is 1. The van der Waals surface area contributed by atoms with Crippen LogP contribution in [-0.4, -0.2) is 22.0 Å². The van der Waals surface area contributed by atoms with Gasteiger partial charge in [0.2, 0.25) is 0 Å². The fourth-order valence-corrected chi connectivity index (χ4v) is 2.34. The monoisotopic (exact) mass is 302 g/mol. The second kappa shape index (κ2) is 6.81. The first-order valence-corrected chi connectivity index (χ1v) is 7.11. The Kier molecular flexibility index (Phi) is 4.84. The second-order valence-electron chi connectivity index (χ2n) is 4.45. The molecular formula is C15H14N2O3S. The number of aromatic nitrogens is 1. The third kappa shape index (κ3) is 4.54. The average molecular weight is 302 g/mol. The maximum absolute atomic E-state index is 12.1. The molecule has 0 atom stereocenters. The van der Waals surface area contributed by atoms with Crippen LogP contribution in [0.3, 0.4) is 0 Å². The molecule has 0 aliphatic carbocycles. The highest BCUT2D eigenvalue weighted by Gasteiger charge is 2.07. The molecule has 0 aliphatic rings. The number of hydrogen-bond donors (Lipinski definition) is 2. The lowest BCUT2D eigenvalue weighted by Crippen LogP contribution is -2.22. The molecule has 1 amide bonds. The van der Waals surface area contributed by atoms with E-state index in [9.17, 15) is 9.59 Å². The molecule has 108 valence electrons. The highest BCUT2D eigenvalue weighted by Crippen LogP contribution is 2.12. The molecule has 1 heterocycles. The van der Waals surface area contributed by atoms with Gasteiger partial charge in [-0.3, -0.25) is 9.78 Å². The third-order valence-electron chi connectivity index (χ3n) is 2.69. The van der Waals surface area contributed by atoms with Crippen molar-refractivity contribution in [2.45, 2.75) is 13.5 Å². The van der Waals surface area contributed by atoms with Gasteiger partial charge in [-0.1, -0.05) is 6.07 Å². The number of carbonyl (C=O) groups excluding carboxylic acids is 1. The maximum atomic E-state index is 12.1. The van der Waals surface area contributed by atoms with Crippen molar-refractivity contribution in [3.05, 3.63) is 57.6 Å². The van der Waals surface area contributed by atoms with Gasteiger partial charge in [0, 0.05) is 22.7 Å². The standard InChI is InChI=1S/C15H14N2O3S/c1-10-4-11(2-3-14(18)19)6-12(5-10)15(20)17-8-13-7-16-9-21-13/h2-7,9H,8H2,1H3,(H,17,20)(H,18,19)/b3-2+. The number of aryl methyl sites for hydroxylation is 1. The number of nitrogens with one attached hydrogen (secondary N) is 1. The van der Waals surface area contributed by atoms with Crippen molar-refractivity contribution in [2.24, 2.45) is 0 Å². The van der Waals surface area contributed by atoms with Crippen molar-refractivity contribution in [1.29, 1.82) is 0 Å². The molecule has 2 rings (SSSR count). The number of thiazole rings is 1. The zero-order valence-electron chi connectivity index (χ0n) is 11.4. The van der Waals surface area contributed by atoms with Gasteiger partial charge in [0.15, 0.2) is 0 Å². The van der Waals surface area contributed by atoms with E-state index in [1.54, 1.807) is 23.8 Å². The Morgan fingerprint density at radius 2 is 2.19 bits per heavy atom. The molecule has 21 heavy (non-hydrogen) atoms. The number of aliphatic carboxylic acids is 1. The van der Waals surface area contributed by atoms with Gasteiger partial charge in [-0.05, 0) is 36.3 Å². The summed E-state index contributed by atoms with van der Waals surface area (Å²) in [6.07, 6.45) is 4.23. The molecule has 0 bridgehead atoms. The predicted molar refractivity (Wildman–Crippen MR) is 81.1 cm³/mol. The zero-order chi connectivity index (χ0) is 15.2. The third-order valence-corrected chi connectivity index (χ3v) is 3.47. The van der Waals surface area contributed by atoms with Gasteiger partial charge in [0.1, 0.15) is 0 Å². The van der Waals surface area contributed by atoms with Crippen molar-refractivity contribution >= 4 is 29.3 Å². The number of benzene rings is 1. The molecular weight excluding hydrogens is 288 g/mol. The van der Waals surface area contributed by atoms with Gasteiger partial charge in [-0.2, -0.15) is 0 Å². The molecule has 0 fully saturated rings. The number of carboxylic acids is 1. The van der Waals surface area contributed by atoms with Crippen LogP contribution in [0.1, 0.15) is 26.4 Å². The van der Waals surface area contributed by atoms with Crippen LogP contribution in [0.15, 0.2) is 36.0 Å². The number of carboxylic acid groups (broad SMARTS) is 1. The molecule has 6 heteroatoms. The van der Waals surface area contributed by atoms with E-state index in [2.05, 4.69) is 10.3 Å². The normalized spacial score (nSPS) is 10.7. The van der Waals surface area contributed by atoms with E-state index >= 15 is 0 Å². The zero-order valence-corrected chi connectivity index (χ0v) is 12.2. The van der Waals surface area contributed by atoms with E-state index in [1.165, 1.54) is 17.4 Å². The Bertz CT molecular complexity index is 678. The summed E-state index contributed by atoms with van der Waals surface area (Å²) in [5.74, 6) is -1.22. The number of hydrogen-bond acceptors (Lipinski definition) is 4. The van der Waals surface area contributed by atoms with Gasteiger partial charge in [0.05, 0.1) is 12.1 Å². The predicted octanol–water partition coefficient (Wildman–Crippen LogP) is 2.48. The number of rotatable bonds is 5.